The van der Waals surface area contributed by atoms with Crippen molar-refractivity contribution >= 4 is 26.7 Å². The lowest BCUT2D eigenvalue weighted by Crippen LogP contribution is -2.50. The van der Waals surface area contributed by atoms with Gasteiger partial charge in [0.2, 0.25) is 15.9 Å². The van der Waals surface area contributed by atoms with Crippen LogP contribution in [0.4, 0.5) is 0 Å². The van der Waals surface area contributed by atoms with Gasteiger partial charge in [0.25, 0.3) is 0 Å². The Labute approximate surface area is 154 Å². The molecule has 0 spiro atoms. The van der Waals surface area contributed by atoms with Crippen LogP contribution in [0.5, 0.6) is 0 Å². The molecule has 2 aromatic rings. The lowest BCUT2D eigenvalue weighted by molar-refractivity contribution is -0.132. The maximum atomic E-state index is 12.9. The quantitative estimate of drug-likeness (QED) is 0.780. The average molecular weight is 375 g/mol. The zero-order valence-corrected chi connectivity index (χ0v) is 15.8. The van der Waals surface area contributed by atoms with E-state index in [1.54, 1.807) is 17.0 Å². The van der Waals surface area contributed by atoms with Crippen LogP contribution in [-0.4, -0.2) is 62.8 Å². The second-order valence-corrected chi connectivity index (χ2v) is 8.34. The summed E-state index contributed by atoms with van der Waals surface area (Å²) < 4.78 is 27.3. The molecule has 7 heteroatoms. The predicted octanol–water partition coefficient (Wildman–Crippen LogP) is 1.67. The molecule has 0 aliphatic carbocycles. The van der Waals surface area contributed by atoms with Crippen LogP contribution in [0.25, 0.3) is 10.8 Å². The van der Waals surface area contributed by atoms with E-state index in [4.69, 9.17) is 0 Å². The standard InChI is InChI=1S/C19H25N3O3S/c1-2-20-10-9-19(23)21-11-13-22(14-12-21)26(24,25)18-8-7-16-5-3-4-6-17(16)15-18/h3-8,15,20H,2,9-14H2,1H3. The Morgan fingerprint density at radius 1 is 1.04 bits per heavy atom. The van der Waals surface area contributed by atoms with Gasteiger partial charge in [0.05, 0.1) is 4.90 Å². The summed E-state index contributed by atoms with van der Waals surface area (Å²) in [5, 5.41) is 5.06. The van der Waals surface area contributed by atoms with Gasteiger partial charge in [-0.3, -0.25) is 4.79 Å². The molecule has 1 fully saturated rings. The van der Waals surface area contributed by atoms with E-state index in [1.807, 2.05) is 37.3 Å². The summed E-state index contributed by atoms with van der Waals surface area (Å²) >= 11 is 0. The molecule has 1 amide bonds. The minimum atomic E-state index is -3.54. The van der Waals surface area contributed by atoms with Gasteiger partial charge in [-0.1, -0.05) is 37.3 Å². The molecule has 1 heterocycles. The van der Waals surface area contributed by atoms with E-state index in [9.17, 15) is 13.2 Å². The number of hydrogen-bond acceptors (Lipinski definition) is 4. The van der Waals surface area contributed by atoms with Crippen molar-refractivity contribution in [1.29, 1.82) is 0 Å². The molecule has 1 N–H and O–H groups in total. The number of carbonyl (C=O) groups excluding carboxylic acids is 1. The van der Waals surface area contributed by atoms with Crippen LogP contribution in [-0.2, 0) is 14.8 Å². The molecule has 0 saturated carbocycles. The van der Waals surface area contributed by atoms with Crippen molar-refractivity contribution in [1.82, 2.24) is 14.5 Å². The first kappa shape index (κ1) is 18.8. The molecule has 1 aliphatic heterocycles. The van der Waals surface area contributed by atoms with Crippen LogP contribution in [0.15, 0.2) is 47.4 Å². The fourth-order valence-corrected chi connectivity index (χ4v) is 4.64. The highest BCUT2D eigenvalue weighted by Crippen LogP contribution is 2.22. The summed E-state index contributed by atoms with van der Waals surface area (Å²) in [5.41, 5.74) is 0. The number of hydrogen-bond donors (Lipinski definition) is 1. The highest BCUT2D eigenvalue weighted by Gasteiger charge is 2.30. The van der Waals surface area contributed by atoms with Crippen LogP contribution in [0.2, 0.25) is 0 Å². The fraction of sp³-hybridized carbons (Fsp3) is 0.421. The smallest absolute Gasteiger partial charge is 0.243 e. The molecule has 0 aromatic heterocycles. The lowest BCUT2D eigenvalue weighted by Gasteiger charge is -2.34. The number of rotatable bonds is 6. The van der Waals surface area contributed by atoms with E-state index in [0.29, 0.717) is 44.0 Å². The van der Waals surface area contributed by atoms with Crippen molar-refractivity contribution in [3.8, 4) is 0 Å². The number of carbonyl (C=O) groups is 1. The van der Waals surface area contributed by atoms with Crippen LogP contribution in [0, 0.1) is 0 Å². The molecule has 0 unspecified atom stereocenters. The van der Waals surface area contributed by atoms with Crippen LogP contribution in [0.3, 0.4) is 0 Å². The number of nitrogens with one attached hydrogen (secondary N) is 1. The van der Waals surface area contributed by atoms with E-state index in [1.165, 1.54) is 4.31 Å². The molecule has 6 nitrogen and oxygen atoms in total. The van der Waals surface area contributed by atoms with Gasteiger partial charge in [0.1, 0.15) is 0 Å². The average Bonchev–Trinajstić information content (AvgIpc) is 2.67. The second kappa shape index (κ2) is 8.16. The Balaban J connectivity index is 1.66. The molecule has 3 rings (SSSR count). The maximum absolute atomic E-state index is 12.9. The third-order valence-corrected chi connectivity index (χ3v) is 6.61. The SMILES string of the molecule is CCNCCC(=O)N1CCN(S(=O)(=O)c2ccc3ccccc3c2)CC1. The summed E-state index contributed by atoms with van der Waals surface area (Å²) in [6.07, 6.45) is 0.450. The molecule has 1 saturated heterocycles. The van der Waals surface area contributed by atoms with E-state index in [-0.39, 0.29) is 5.91 Å². The van der Waals surface area contributed by atoms with Gasteiger partial charge in [0, 0.05) is 39.1 Å². The van der Waals surface area contributed by atoms with Crippen molar-refractivity contribution in [3.05, 3.63) is 42.5 Å². The largest absolute Gasteiger partial charge is 0.340 e. The lowest BCUT2D eigenvalue weighted by atomic mass is 10.1. The minimum Gasteiger partial charge on any atom is -0.340 e. The molecule has 1 aliphatic rings. The first-order valence-electron chi connectivity index (χ1n) is 9.00. The van der Waals surface area contributed by atoms with Crippen LogP contribution in [0.1, 0.15) is 13.3 Å². The van der Waals surface area contributed by atoms with Gasteiger partial charge in [-0.2, -0.15) is 4.31 Å². The predicted molar refractivity (Wildman–Crippen MR) is 102 cm³/mol. The fourth-order valence-electron chi connectivity index (χ4n) is 3.19. The van der Waals surface area contributed by atoms with Gasteiger partial charge < -0.3 is 10.2 Å². The molecule has 0 atom stereocenters. The van der Waals surface area contributed by atoms with Gasteiger partial charge in [-0.15, -0.1) is 0 Å². The van der Waals surface area contributed by atoms with Gasteiger partial charge in [-0.25, -0.2) is 8.42 Å². The number of piperazine rings is 1. The molecule has 140 valence electrons. The Kier molecular flexibility index (Phi) is 5.90. The summed E-state index contributed by atoms with van der Waals surface area (Å²) in [7, 11) is -3.54. The first-order chi connectivity index (χ1) is 12.5. The van der Waals surface area contributed by atoms with E-state index < -0.39 is 10.0 Å². The molecule has 0 bridgehead atoms. The van der Waals surface area contributed by atoms with E-state index in [0.717, 1.165) is 17.3 Å². The Morgan fingerprint density at radius 2 is 1.73 bits per heavy atom. The second-order valence-electron chi connectivity index (χ2n) is 6.40. The molecule has 26 heavy (non-hydrogen) atoms. The molecular weight excluding hydrogens is 350 g/mol. The normalized spacial score (nSPS) is 16.1. The van der Waals surface area contributed by atoms with Gasteiger partial charge in [0.15, 0.2) is 0 Å². The van der Waals surface area contributed by atoms with Gasteiger partial charge in [-0.05, 0) is 29.4 Å². The zero-order valence-electron chi connectivity index (χ0n) is 15.0. The summed E-state index contributed by atoms with van der Waals surface area (Å²) in [5.74, 6) is 0.0775. The minimum absolute atomic E-state index is 0.0775. The Hall–Kier alpha value is -1.96. The van der Waals surface area contributed by atoms with Crippen molar-refractivity contribution < 1.29 is 13.2 Å². The maximum Gasteiger partial charge on any atom is 0.243 e. The summed E-state index contributed by atoms with van der Waals surface area (Å²) in [6, 6.07) is 12.9. The van der Waals surface area contributed by atoms with Crippen molar-refractivity contribution in [2.45, 2.75) is 18.2 Å². The Bertz CT molecular complexity index is 874. The third-order valence-electron chi connectivity index (χ3n) is 4.72. The highest BCUT2D eigenvalue weighted by molar-refractivity contribution is 7.89. The molecule has 0 radical (unpaired) electrons. The monoisotopic (exact) mass is 375 g/mol. The molecular formula is C19H25N3O3S. The van der Waals surface area contributed by atoms with Crippen molar-refractivity contribution in [3.63, 3.8) is 0 Å². The summed E-state index contributed by atoms with van der Waals surface area (Å²) in [4.78, 5) is 14.2. The van der Waals surface area contributed by atoms with Crippen molar-refractivity contribution in [2.75, 3.05) is 39.3 Å². The number of amides is 1. The first-order valence-corrected chi connectivity index (χ1v) is 10.4. The highest BCUT2D eigenvalue weighted by atomic mass is 32.2. The number of fused-ring (bicyclic) bond motifs is 1. The number of sulfonamides is 1. The van der Waals surface area contributed by atoms with Crippen molar-refractivity contribution in [2.24, 2.45) is 0 Å². The Morgan fingerprint density at radius 3 is 2.42 bits per heavy atom. The van der Waals surface area contributed by atoms with E-state index >= 15 is 0 Å². The topological polar surface area (TPSA) is 69.7 Å². The van der Waals surface area contributed by atoms with Crippen LogP contribution >= 0.6 is 0 Å². The number of benzene rings is 2. The zero-order chi connectivity index (χ0) is 18.6. The molecule has 2 aromatic carbocycles. The third kappa shape index (κ3) is 4.06. The summed E-state index contributed by atoms with van der Waals surface area (Å²) in [6.45, 7) is 5.05. The van der Waals surface area contributed by atoms with Gasteiger partial charge >= 0.3 is 0 Å². The van der Waals surface area contributed by atoms with Crippen LogP contribution < -0.4 is 5.32 Å². The number of nitrogens with zero attached hydrogens (tertiary/aromatic N) is 2. The van der Waals surface area contributed by atoms with E-state index in [2.05, 4.69) is 5.32 Å².